The molecule has 0 aliphatic rings. The highest BCUT2D eigenvalue weighted by atomic mass is 14.1. The van der Waals surface area contributed by atoms with Gasteiger partial charge in [-0.05, 0) is 32.1 Å². The normalized spacial score (nSPS) is 15.8. The van der Waals surface area contributed by atoms with Gasteiger partial charge < -0.3 is 0 Å². The van der Waals surface area contributed by atoms with Crippen LogP contribution >= 0.6 is 0 Å². The maximum atomic E-state index is 2.35. The van der Waals surface area contributed by atoms with E-state index >= 15 is 0 Å². The molecule has 0 N–H and O–H groups in total. The number of allylic oxidation sites excluding steroid dienone is 2. The second-order valence-electron chi connectivity index (χ2n) is 3.72. The summed E-state index contributed by atoms with van der Waals surface area (Å²) >= 11 is 0. The second-order valence-corrected chi connectivity index (χ2v) is 3.72. The topological polar surface area (TPSA) is 0 Å². The van der Waals surface area contributed by atoms with Gasteiger partial charge in [-0.1, -0.05) is 45.3 Å². The van der Waals surface area contributed by atoms with E-state index in [-0.39, 0.29) is 0 Å². The van der Waals surface area contributed by atoms with Crippen LogP contribution in [0.15, 0.2) is 11.1 Å². The van der Waals surface area contributed by atoms with Crippen LogP contribution in [0.25, 0.3) is 0 Å². The maximum Gasteiger partial charge on any atom is -0.0232 e. The minimum Gasteiger partial charge on any atom is -0.0739 e. The van der Waals surface area contributed by atoms with Crippen LogP contribution in [0.2, 0.25) is 0 Å². The van der Waals surface area contributed by atoms with Gasteiger partial charge in [0.2, 0.25) is 0 Å². The molecule has 0 aromatic heterocycles. The number of hydrogen-bond donors (Lipinski definition) is 0. The van der Waals surface area contributed by atoms with Crippen LogP contribution in [-0.2, 0) is 0 Å². The summed E-state index contributed by atoms with van der Waals surface area (Å²) in [6.45, 7) is 11.5. The molecule has 0 spiro atoms. The van der Waals surface area contributed by atoms with E-state index in [1.165, 1.54) is 25.7 Å². The summed E-state index contributed by atoms with van der Waals surface area (Å²) < 4.78 is 0. The molecule has 1 unspecified atom stereocenters. The van der Waals surface area contributed by atoms with E-state index in [0.29, 0.717) is 0 Å². The molecule has 0 saturated carbocycles. The summed E-state index contributed by atoms with van der Waals surface area (Å²) in [6.07, 6.45) is 5.09. The van der Waals surface area contributed by atoms with Crippen molar-refractivity contribution in [1.29, 1.82) is 0 Å². The number of hydrogen-bond acceptors (Lipinski definition) is 0. The molecule has 0 bridgehead atoms. The van der Waals surface area contributed by atoms with Gasteiger partial charge in [-0.15, -0.1) is 0 Å². The molecule has 0 aliphatic carbocycles. The monoisotopic (exact) mass is 168 g/mol. The Balaban J connectivity index is 4.37. The predicted molar refractivity (Wildman–Crippen MR) is 57.4 cm³/mol. The van der Waals surface area contributed by atoms with Crippen molar-refractivity contribution in [1.82, 2.24) is 0 Å². The van der Waals surface area contributed by atoms with Gasteiger partial charge >= 0.3 is 0 Å². The highest BCUT2D eigenvalue weighted by Crippen LogP contribution is 2.23. The SMILES string of the molecule is CCC/C(C)=C(/CC)C(C)CC. The average Bonchev–Trinajstić information content (AvgIpc) is 2.06. The summed E-state index contributed by atoms with van der Waals surface area (Å²) in [4.78, 5) is 0. The van der Waals surface area contributed by atoms with Crippen molar-refractivity contribution in [2.75, 3.05) is 0 Å². The minimum atomic E-state index is 0.793. The average molecular weight is 168 g/mol. The molecule has 0 fully saturated rings. The van der Waals surface area contributed by atoms with Crippen molar-refractivity contribution in [2.24, 2.45) is 5.92 Å². The van der Waals surface area contributed by atoms with Crippen molar-refractivity contribution in [3.05, 3.63) is 11.1 Å². The molecule has 1 atom stereocenters. The molecule has 0 heteroatoms. The summed E-state index contributed by atoms with van der Waals surface area (Å²) in [6, 6.07) is 0. The van der Waals surface area contributed by atoms with E-state index in [9.17, 15) is 0 Å². The third kappa shape index (κ3) is 3.42. The Labute approximate surface area is 78.1 Å². The zero-order chi connectivity index (χ0) is 9.56. The smallest absolute Gasteiger partial charge is 0.0232 e. The lowest BCUT2D eigenvalue weighted by molar-refractivity contribution is 0.618. The van der Waals surface area contributed by atoms with E-state index < -0.39 is 0 Å². The standard InChI is InChI=1S/C12H24/c1-6-9-11(5)12(8-3)10(4)7-2/h10H,6-9H2,1-5H3/b12-11-. The molecular weight excluding hydrogens is 144 g/mol. The van der Waals surface area contributed by atoms with Gasteiger partial charge in [0.15, 0.2) is 0 Å². The third-order valence-electron chi connectivity index (χ3n) is 2.76. The quantitative estimate of drug-likeness (QED) is 0.528. The predicted octanol–water partition coefficient (Wildman–Crippen LogP) is 4.56. The first kappa shape index (κ1) is 11.7. The van der Waals surface area contributed by atoms with Crippen LogP contribution in [0.5, 0.6) is 0 Å². The molecule has 0 saturated heterocycles. The third-order valence-corrected chi connectivity index (χ3v) is 2.76. The largest absolute Gasteiger partial charge is 0.0739 e. The molecule has 0 nitrogen and oxygen atoms in total. The fourth-order valence-electron chi connectivity index (χ4n) is 1.85. The second kappa shape index (κ2) is 6.28. The number of rotatable bonds is 5. The van der Waals surface area contributed by atoms with E-state index in [2.05, 4.69) is 34.6 Å². The van der Waals surface area contributed by atoms with Crippen molar-refractivity contribution in [3.63, 3.8) is 0 Å². The maximum absolute atomic E-state index is 2.35. The van der Waals surface area contributed by atoms with E-state index in [1.54, 1.807) is 11.1 Å². The zero-order valence-electron chi connectivity index (χ0n) is 9.41. The van der Waals surface area contributed by atoms with Gasteiger partial charge in [0.25, 0.3) is 0 Å². The lowest BCUT2D eigenvalue weighted by Crippen LogP contribution is -2.00. The summed E-state index contributed by atoms with van der Waals surface area (Å²) in [5.74, 6) is 0.793. The highest BCUT2D eigenvalue weighted by molar-refractivity contribution is 5.14. The van der Waals surface area contributed by atoms with Gasteiger partial charge in [-0.2, -0.15) is 0 Å². The lowest BCUT2D eigenvalue weighted by atomic mass is 9.90. The van der Waals surface area contributed by atoms with Crippen molar-refractivity contribution in [3.8, 4) is 0 Å². The highest BCUT2D eigenvalue weighted by Gasteiger charge is 2.06. The van der Waals surface area contributed by atoms with E-state index in [1.807, 2.05) is 0 Å². The van der Waals surface area contributed by atoms with Crippen molar-refractivity contribution in [2.45, 2.75) is 60.3 Å². The zero-order valence-corrected chi connectivity index (χ0v) is 9.41. The molecule has 12 heavy (non-hydrogen) atoms. The molecule has 0 amide bonds. The van der Waals surface area contributed by atoms with Gasteiger partial charge in [0.05, 0.1) is 0 Å². The Morgan fingerprint density at radius 2 is 1.75 bits per heavy atom. The molecule has 0 aromatic carbocycles. The van der Waals surface area contributed by atoms with E-state index in [4.69, 9.17) is 0 Å². The Kier molecular flexibility index (Phi) is 6.14. The fourth-order valence-corrected chi connectivity index (χ4v) is 1.85. The Morgan fingerprint density at radius 1 is 1.17 bits per heavy atom. The van der Waals surface area contributed by atoms with Gasteiger partial charge in [-0.3, -0.25) is 0 Å². The van der Waals surface area contributed by atoms with Gasteiger partial charge in [-0.25, -0.2) is 0 Å². The van der Waals surface area contributed by atoms with Gasteiger partial charge in [0.1, 0.15) is 0 Å². The Morgan fingerprint density at radius 3 is 2.08 bits per heavy atom. The molecule has 0 radical (unpaired) electrons. The Bertz CT molecular complexity index is 142. The lowest BCUT2D eigenvalue weighted by Gasteiger charge is -2.16. The van der Waals surface area contributed by atoms with Crippen LogP contribution in [0, 0.1) is 5.92 Å². The van der Waals surface area contributed by atoms with Crippen LogP contribution in [0.3, 0.4) is 0 Å². The molecule has 0 rings (SSSR count). The molecular formula is C12H24. The van der Waals surface area contributed by atoms with Crippen LogP contribution in [-0.4, -0.2) is 0 Å². The van der Waals surface area contributed by atoms with Gasteiger partial charge in [0, 0.05) is 0 Å². The summed E-state index contributed by atoms with van der Waals surface area (Å²) in [7, 11) is 0. The Hall–Kier alpha value is -0.260. The molecule has 0 aromatic rings. The van der Waals surface area contributed by atoms with Crippen molar-refractivity contribution >= 4 is 0 Å². The molecule has 0 aliphatic heterocycles. The first-order valence-corrected chi connectivity index (χ1v) is 5.35. The fraction of sp³-hybridized carbons (Fsp3) is 0.833. The summed E-state index contributed by atoms with van der Waals surface area (Å²) in [5, 5.41) is 0. The first-order chi connectivity index (χ1) is 5.67. The van der Waals surface area contributed by atoms with Crippen molar-refractivity contribution < 1.29 is 0 Å². The van der Waals surface area contributed by atoms with Crippen LogP contribution in [0.4, 0.5) is 0 Å². The summed E-state index contributed by atoms with van der Waals surface area (Å²) in [5.41, 5.74) is 3.33. The minimum absolute atomic E-state index is 0.793. The molecule has 0 heterocycles. The molecule has 72 valence electrons. The van der Waals surface area contributed by atoms with Crippen LogP contribution in [0.1, 0.15) is 60.3 Å². The first-order valence-electron chi connectivity index (χ1n) is 5.35. The van der Waals surface area contributed by atoms with Crippen LogP contribution < -0.4 is 0 Å². The van der Waals surface area contributed by atoms with E-state index in [0.717, 1.165) is 5.92 Å².